The highest BCUT2D eigenvalue weighted by Gasteiger charge is 2.36. The first-order chi connectivity index (χ1) is 12.9. The molecule has 8 nitrogen and oxygen atoms in total. The zero-order chi connectivity index (χ0) is 19.6. The van der Waals surface area contributed by atoms with E-state index in [1.807, 2.05) is 0 Å². The summed E-state index contributed by atoms with van der Waals surface area (Å²) >= 11 is 0. The summed E-state index contributed by atoms with van der Waals surface area (Å²) < 4.78 is 4.60. The van der Waals surface area contributed by atoms with Crippen LogP contribution in [0.5, 0.6) is 5.75 Å². The van der Waals surface area contributed by atoms with E-state index < -0.39 is 23.8 Å². The second-order valence-electron chi connectivity index (χ2n) is 5.59. The van der Waals surface area contributed by atoms with Crippen molar-refractivity contribution >= 4 is 35.6 Å². The van der Waals surface area contributed by atoms with Gasteiger partial charge in [0.2, 0.25) is 0 Å². The zero-order valence-corrected chi connectivity index (χ0v) is 14.1. The minimum atomic E-state index is -0.890. The summed E-state index contributed by atoms with van der Waals surface area (Å²) in [5, 5.41) is 11.4. The Hall–Kier alpha value is -3.94. The predicted octanol–water partition coefficient (Wildman–Crippen LogP) is 1.85. The second-order valence-corrected chi connectivity index (χ2v) is 5.59. The third-order valence-electron chi connectivity index (χ3n) is 3.85. The van der Waals surface area contributed by atoms with Crippen molar-refractivity contribution in [3.63, 3.8) is 0 Å². The van der Waals surface area contributed by atoms with Crippen LogP contribution in [-0.2, 0) is 14.3 Å². The molecule has 1 saturated heterocycles. The van der Waals surface area contributed by atoms with Crippen LogP contribution in [0.2, 0.25) is 0 Å². The van der Waals surface area contributed by atoms with Gasteiger partial charge in [-0.05, 0) is 48.0 Å². The van der Waals surface area contributed by atoms with Crippen molar-refractivity contribution in [1.82, 2.24) is 5.32 Å². The highest BCUT2D eigenvalue weighted by molar-refractivity contribution is 6.39. The van der Waals surface area contributed by atoms with Gasteiger partial charge in [-0.1, -0.05) is 12.1 Å². The molecule has 0 aromatic heterocycles. The Labute approximate surface area is 153 Å². The fourth-order valence-corrected chi connectivity index (χ4v) is 2.49. The van der Waals surface area contributed by atoms with E-state index in [1.165, 1.54) is 61.7 Å². The maximum atomic E-state index is 12.7. The lowest BCUT2D eigenvalue weighted by atomic mass is 10.1. The zero-order valence-electron chi connectivity index (χ0n) is 14.1. The highest BCUT2D eigenvalue weighted by Crippen LogP contribution is 2.23. The van der Waals surface area contributed by atoms with E-state index in [4.69, 9.17) is 0 Å². The Kier molecular flexibility index (Phi) is 4.71. The molecule has 8 heteroatoms. The van der Waals surface area contributed by atoms with Gasteiger partial charge in [-0.15, -0.1) is 0 Å². The highest BCUT2D eigenvalue weighted by atomic mass is 16.5. The number of phenols is 1. The van der Waals surface area contributed by atoms with E-state index in [-0.39, 0.29) is 22.6 Å². The van der Waals surface area contributed by atoms with Gasteiger partial charge in [-0.3, -0.25) is 14.9 Å². The summed E-state index contributed by atoms with van der Waals surface area (Å²) in [4.78, 5) is 49.3. The van der Waals surface area contributed by atoms with Gasteiger partial charge in [0.15, 0.2) is 0 Å². The maximum absolute atomic E-state index is 12.7. The monoisotopic (exact) mass is 366 g/mol. The van der Waals surface area contributed by atoms with Crippen LogP contribution in [0.3, 0.4) is 0 Å². The summed E-state index contributed by atoms with van der Waals surface area (Å²) in [7, 11) is 1.24. The number of hydrogen-bond acceptors (Lipinski definition) is 6. The number of rotatable bonds is 3. The summed E-state index contributed by atoms with van der Waals surface area (Å²) in [6, 6.07) is 10.6. The van der Waals surface area contributed by atoms with Crippen molar-refractivity contribution < 1.29 is 29.0 Å². The first kappa shape index (κ1) is 17.9. The number of nitrogens with one attached hydrogen (secondary N) is 1. The van der Waals surface area contributed by atoms with Crippen molar-refractivity contribution in [3.05, 3.63) is 65.2 Å². The summed E-state index contributed by atoms with van der Waals surface area (Å²) in [5.74, 6) is -2.14. The van der Waals surface area contributed by atoms with Crippen molar-refractivity contribution in [2.75, 3.05) is 12.0 Å². The van der Waals surface area contributed by atoms with Crippen LogP contribution in [0.25, 0.3) is 6.08 Å². The molecule has 27 heavy (non-hydrogen) atoms. The number of anilines is 1. The number of imide groups is 2. The molecule has 136 valence electrons. The van der Waals surface area contributed by atoms with Crippen LogP contribution in [-0.4, -0.2) is 36.0 Å². The third kappa shape index (κ3) is 3.54. The van der Waals surface area contributed by atoms with Crippen LogP contribution in [0, 0.1) is 0 Å². The molecule has 0 atom stereocenters. The quantitative estimate of drug-likeness (QED) is 0.487. The van der Waals surface area contributed by atoms with Crippen molar-refractivity contribution in [2.24, 2.45) is 0 Å². The number of ether oxygens (including phenoxy) is 1. The number of hydrogen-bond donors (Lipinski definition) is 2. The lowest BCUT2D eigenvalue weighted by molar-refractivity contribution is -0.122. The Bertz CT molecular complexity index is 961. The third-order valence-corrected chi connectivity index (χ3v) is 3.85. The normalized spacial score (nSPS) is 15.7. The molecule has 1 aliphatic rings. The number of benzene rings is 2. The van der Waals surface area contributed by atoms with Crippen LogP contribution in [0.1, 0.15) is 15.9 Å². The van der Waals surface area contributed by atoms with Gasteiger partial charge in [-0.2, -0.15) is 0 Å². The fourth-order valence-electron chi connectivity index (χ4n) is 2.49. The Morgan fingerprint density at radius 2 is 1.67 bits per heavy atom. The minimum absolute atomic E-state index is 0.0408. The van der Waals surface area contributed by atoms with Gasteiger partial charge < -0.3 is 9.84 Å². The molecule has 0 unspecified atom stereocenters. The average Bonchev–Trinajstić information content (AvgIpc) is 2.66. The topological polar surface area (TPSA) is 113 Å². The molecule has 4 amide bonds. The molecule has 2 aromatic rings. The fraction of sp³-hybridized carbons (Fsp3) is 0.0526. The molecular formula is C19H14N2O6. The molecule has 2 aromatic carbocycles. The first-order valence-corrected chi connectivity index (χ1v) is 7.79. The summed E-state index contributed by atoms with van der Waals surface area (Å²) in [6.45, 7) is 0. The molecule has 1 aliphatic heterocycles. The van der Waals surface area contributed by atoms with Gasteiger partial charge in [0.05, 0.1) is 18.4 Å². The SMILES string of the molecule is COC(=O)c1ccc(N2C(=O)NC(=O)/C(=C\c3ccc(O)cc3)C2=O)cc1. The van der Waals surface area contributed by atoms with Gasteiger partial charge in [-0.25, -0.2) is 14.5 Å². The Balaban J connectivity index is 1.95. The van der Waals surface area contributed by atoms with Crippen molar-refractivity contribution in [1.29, 1.82) is 0 Å². The molecule has 0 saturated carbocycles. The number of esters is 1. The van der Waals surface area contributed by atoms with E-state index >= 15 is 0 Å². The number of nitrogens with zero attached hydrogens (tertiary/aromatic N) is 1. The van der Waals surface area contributed by atoms with E-state index in [0.29, 0.717) is 5.56 Å². The van der Waals surface area contributed by atoms with E-state index in [0.717, 1.165) is 4.90 Å². The Morgan fingerprint density at radius 3 is 2.26 bits per heavy atom. The maximum Gasteiger partial charge on any atom is 0.337 e. The molecule has 0 bridgehead atoms. The molecule has 2 N–H and O–H groups in total. The number of barbiturate groups is 1. The van der Waals surface area contributed by atoms with Gasteiger partial charge in [0, 0.05) is 0 Å². The van der Waals surface area contributed by atoms with Crippen LogP contribution in [0.4, 0.5) is 10.5 Å². The second kappa shape index (κ2) is 7.12. The number of amides is 4. The molecule has 1 heterocycles. The molecule has 0 aliphatic carbocycles. The van der Waals surface area contributed by atoms with Crippen molar-refractivity contribution in [3.8, 4) is 5.75 Å². The predicted molar refractivity (Wildman–Crippen MR) is 94.9 cm³/mol. The molecule has 0 radical (unpaired) electrons. The number of carbonyl (C=O) groups excluding carboxylic acids is 4. The van der Waals surface area contributed by atoms with E-state index in [1.54, 1.807) is 0 Å². The minimum Gasteiger partial charge on any atom is -0.508 e. The molecule has 0 spiro atoms. The van der Waals surface area contributed by atoms with Crippen LogP contribution >= 0.6 is 0 Å². The van der Waals surface area contributed by atoms with Crippen molar-refractivity contribution in [2.45, 2.75) is 0 Å². The average molecular weight is 366 g/mol. The van der Waals surface area contributed by atoms with Crippen LogP contribution < -0.4 is 10.2 Å². The summed E-state index contributed by atoms with van der Waals surface area (Å²) in [5.41, 5.74) is 0.704. The molecule has 3 rings (SSSR count). The number of phenolic OH excluding ortho intramolecular Hbond substituents is 1. The lowest BCUT2D eigenvalue weighted by Gasteiger charge is -2.26. The van der Waals surface area contributed by atoms with Crippen LogP contribution in [0.15, 0.2) is 54.1 Å². The van der Waals surface area contributed by atoms with E-state index in [9.17, 15) is 24.3 Å². The Morgan fingerprint density at radius 1 is 1.04 bits per heavy atom. The smallest absolute Gasteiger partial charge is 0.337 e. The van der Waals surface area contributed by atoms with E-state index in [2.05, 4.69) is 10.1 Å². The number of aromatic hydroxyl groups is 1. The van der Waals surface area contributed by atoms with Gasteiger partial charge in [0.25, 0.3) is 11.8 Å². The van der Waals surface area contributed by atoms with Gasteiger partial charge in [0.1, 0.15) is 11.3 Å². The standard InChI is InChI=1S/C19H14N2O6/c1-27-18(25)12-4-6-13(7-5-12)21-17(24)15(16(23)20-19(21)26)10-11-2-8-14(22)9-3-11/h2-10,22H,1H3,(H,20,23,26)/b15-10+. The number of methoxy groups -OCH3 is 1. The lowest BCUT2D eigenvalue weighted by Crippen LogP contribution is -2.54. The largest absolute Gasteiger partial charge is 0.508 e. The first-order valence-electron chi connectivity index (χ1n) is 7.79. The number of urea groups is 1. The number of carbonyl (C=O) groups is 4. The molecule has 1 fully saturated rings. The van der Waals surface area contributed by atoms with Gasteiger partial charge >= 0.3 is 12.0 Å². The summed E-state index contributed by atoms with van der Waals surface area (Å²) in [6.07, 6.45) is 1.32. The molecular weight excluding hydrogens is 352 g/mol.